The Kier molecular flexibility index (Phi) is 5.44. The molecule has 2 aromatic carbocycles. The van der Waals surface area contributed by atoms with Crippen LogP contribution in [-0.4, -0.2) is 25.5 Å². The van der Waals surface area contributed by atoms with Gasteiger partial charge in [0.15, 0.2) is 0 Å². The molecule has 1 aliphatic rings. The highest BCUT2D eigenvalue weighted by molar-refractivity contribution is 5.24. The third kappa shape index (κ3) is 4.20. The van der Waals surface area contributed by atoms with Crippen molar-refractivity contribution in [1.29, 1.82) is 0 Å². The molecule has 1 fully saturated rings. The monoisotopic (exact) mass is 311 g/mol. The molecule has 3 rings (SSSR count). The molecule has 0 bridgehead atoms. The van der Waals surface area contributed by atoms with Crippen molar-refractivity contribution < 1.29 is 9.47 Å². The van der Waals surface area contributed by atoms with E-state index in [1.165, 1.54) is 11.1 Å². The maximum Gasteiger partial charge on any atom is 0.146 e. The predicted molar refractivity (Wildman–Crippen MR) is 92.3 cm³/mol. The maximum atomic E-state index is 5.58. The SMILES string of the molecule is CCC1(N[C@H](Cc2ccccc2)c2ccccc2)COCOC1. The van der Waals surface area contributed by atoms with E-state index in [2.05, 4.69) is 72.9 Å². The van der Waals surface area contributed by atoms with Gasteiger partial charge < -0.3 is 9.47 Å². The summed E-state index contributed by atoms with van der Waals surface area (Å²) in [6.07, 6.45) is 1.93. The molecule has 1 N–H and O–H groups in total. The lowest BCUT2D eigenvalue weighted by atomic mass is 9.91. The minimum Gasteiger partial charge on any atom is -0.353 e. The summed E-state index contributed by atoms with van der Waals surface area (Å²) < 4.78 is 11.2. The van der Waals surface area contributed by atoms with Gasteiger partial charge in [-0.25, -0.2) is 0 Å². The average molecular weight is 311 g/mol. The summed E-state index contributed by atoms with van der Waals surface area (Å²) in [6, 6.07) is 21.5. The average Bonchev–Trinajstić information content (AvgIpc) is 2.64. The predicted octanol–water partition coefficient (Wildman–Crippen LogP) is 3.71. The zero-order valence-corrected chi connectivity index (χ0v) is 13.7. The first-order valence-corrected chi connectivity index (χ1v) is 8.33. The molecule has 3 nitrogen and oxygen atoms in total. The van der Waals surface area contributed by atoms with Crippen LogP contribution in [0.1, 0.15) is 30.5 Å². The maximum absolute atomic E-state index is 5.58. The van der Waals surface area contributed by atoms with Gasteiger partial charge in [-0.15, -0.1) is 0 Å². The normalized spacial score (nSPS) is 18.5. The fourth-order valence-corrected chi connectivity index (χ4v) is 3.12. The fourth-order valence-electron chi connectivity index (χ4n) is 3.12. The van der Waals surface area contributed by atoms with Crippen LogP contribution < -0.4 is 5.32 Å². The summed E-state index contributed by atoms with van der Waals surface area (Å²) in [5.74, 6) is 0. The van der Waals surface area contributed by atoms with Crippen LogP contribution in [0.5, 0.6) is 0 Å². The molecule has 0 aromatic heterocycles. The molecule has 0 unspecified atom stereocenters. The quantitative estimate of drug-likeness (QED) is 0.882. The Morgan fingerprint density at radius 3 is 2.17 bits per heavy atom. The summed E-state index contributed by atoms with van der Waals surface area (Å²) in [7, 11) is 0. The van der Waals surface area contributed by atoms with Crippen molar-refractivity contribution in [2.75, 3.05) is 20.0 Å². The van der Waals surface area contributed by atoms with Gasteiger partial charge in [-0.05, 0) is 24.0 Å². The van der Waals surface area contributed by atoms with E-state index in [0.717, 1.165) is 12.8 Å². The van der Waals surface area contributed by atoms with Gasteiger partial charge in [0.05, 0.1) is 18.8 Å². The second kappa shape index (κ2) is 7.73. The largest absolute Gasteiger partial charge is 0.353 e. The second-order valence-corrected chi connectivity index (χ2v) is 6.25. The molecule has 122 valence electrons. The molecule has 0 amide bonds. The van der Waals surface area contributed by atoms with Crippen molar-refractivity contribution in [3.63, 3.8) is 0 Å². The lowest BCUT2D eigenvalue weighted by molar-refractivity contribution is -0.147. The van der Waals surface area contributed by atoms with E-state index in [-0.39, 0.29) is 11.6 Å². The minimum atomic E-state index is -0.118. The van der Waals surface area contributed by atoms with Crippen molar-refractivity contribution in [3.05, 3.63) is 71.8 Å². The fraction of sp³-hybridized carbons (Fsp3) is 0.400. The highest BCUT2D eigenvalue weighted by atomic mass is 16.7. The van der Waals surface area contributed by atoms with Gasteiger partial charge in [-0.3, -0.25) is 5.32 Å². The molecule has 0 aliphatic carbocycles. The van der Waals surface area contributed by atoms with Crippen LogP contribution in [0.25, 0.3) is 0 Å². The Morgan fingerprint density at radius 1 is 0.957 bits per heavy atom. The third-order valence-corrected chi connectivity index (χ3v) is 4.57. The molecule has 0 saturated carbocycles. The first kappa shape index (κ1) is 16.2. The van der Waals surface area contributed by atoms with Gasteiger partial charge in [0, 0.05) is 6.04 Å². The number of ether oxygens (including phenoxy) is 2. The smallest absolute Gasteiger partial charge is 0.146 e. The number of nitrogens with one attached hydrogen (secondary N) is 1. The van der Waals surface area contributed by atoms with Crippen LogP contribution >= 0.6 is 0 Å². The van der Waals surface area contributed by atoms with Gasteiger partial charge in [0.2, 0.25) is 0 Å². The molecular weight excluding hydrogens is 286 g/mol. The molecule has 3 heteroatoms. The molecule has 0 radical (unpaired) electrons. The first-order valence-electron chi connectivity index (χ1n) is 8.33. The van der Waals surface area contributed by atoms with Gasteiger partial charge >= 0.3 is 0 Å². The van der Waals surface area contributed by atoms with E-state index in [1.807, 2.05) is 0 Å². The van der Waals surface area contributed by atoms with E-state index in [4.69, 9.17) is 9.47 Å². The van der Waals surface area contributed by atoms with Crippen LogP contribution in [-0.2, 0) is 15.9 Å². The number of hydrogen-bond acceptors (Lipinski definition) is 3. The molecule has 1 aliphatic heterocycles. The van der Waals surface area contributed by atoms with Crippen molar-refractivity contribution in [2.45, 2.75) is 31.3 Å². The molecule has 1 saturated heterocycles. The van der Waals surface area contributed by atoms with Crippen LogP contribution in [0.15, 0.2) is 60.7 Å². The zero-order chi connectivity index (χ0) is 16.0. The Bertz CT molecular complexity index is 579. The van der Waals surface area contributed by atoms with E-state index in [1.54, 1.807) is 0 Å². The summed E-state index contributed by atoms with van der Waals surface area (Å²) in [5, 5.41) is 3.83. The van der Waals surface area contributed by atoms with Crippen molar-refractivity contribution in [2.24, 2.45) is 0 Å². The Labute approximate surface area is 138 Å². The first-order chi connectivity index (χ1) is 11.3. The van der Waals surface area contributed by atoms with Crippen LogP contribution in [0, 0.1) is 0 Å². The number of rotatable bonds is 6. The topological polar surface area (TPSA) is 30.5 Å². The van der Waals surface area contributed by atoms with Crippen molar-refractivity contribution >= 4 is 0 Å². The highest BCUT2D eigenvalue weighted by Crippen LogP contribution is 2.25. The molecule has 0 spiro atoms. The summed E-state index contributed by atoms with van der Waals surface area (Å²) in [4.78, 5) is 0. The van der Waals surface area contributed by atoms with E-state index < -0.39 is 0 Å². The third-order valence-electron chi connectivity index (χ3n) is 4.57. The van der Waals surface area contributed by atoms with Gasteiger partial charge in [0.25, 0.3) is 0 Å². The van der Waals surface area contributed by atoms with E-state index in [9.17, 15) is 0 Å². The molecular formula is C20H25NO2. The van der Waals surface area contributed by atoms with E-state index >= 15 is 0 Å². The van der Waals surface area contributed by atoms with Gasteiger partial charge in [-0.1, -0.05) is 67.6 Å². The van der Waals surface area contributed by atoms with Crippen molar-refractivity contribution in [3.8, 4) is 0 Å². The summed E-state index contributed by atoms with van der Waals surface area (Å²) in [5.41, 5.74) is 2.51. The lowest BCUT2D eigenvalue weighted by Gasteiger charge is -2.40. The molecule has 2 aromatic rings. The zero-order valence-electron chi connectivity index (χ0n) is 13.7. The Morgan fingerprint density at radius 2 is 1.57 bits per heavy atom. The summed E-state index contributed by atoms with van der Waals surface area (Å²) >= 11 is 0. The standard InChI is InChI=1S/C20H25NO2/c1-2-20(14-22-16-23-15-20)21-19(18-11-7-4-8-12-18)13-17-9-5-3-6-10-17/h3-12,19,21H,2,13-16H2,1H3/t19-/m1/s1. The lowest BCUT2D eigenvalue weighted by Crippen LogP contribution is -2.56. The minimum absolute atomic E-state index is 0.118. The molecule has 1 atom stereocenters. The van der Waals surface area contributed by atoms with Crippen molar-refractivity contribution in [1.82, 2.24) is 5.32 Å². The van der Waals surface area contributed by atoms with Crippen LogP contribution in [0.4, 0.5) is 0 Å². The van der Waals surface area contributed by atoms with E-state index in [0.29, 0.717) is 20.0 Å². The van der Waals surface area contributed by atoms with Crippen LogP contribution in [0.2, 0.25) is 0 Å². The molecule has 23 heavy (non-hydrogen) atoms. The Hall–Kier alpha value is -1.68. The molecule has 1 heterocycles. The second-order valence-electron chi connectivity index (χ2n) is 6.25. The highest BCUT2D eigenvalue weighted by Gasteiger charge is 2.34. The van der Waals surface area contributed by atoms with Gasteiger partial charge in [0.1, 0.15) is 6.79 Å². The van der Waals surface area contributed by atoms with Crippen LogP contribution in [0.3, 0.4) is 0 Å². The summed E-state index contributed by atoms with van der Waals surface area (Å²) in [6.45, 7) is 3.98. The number of hydrogen-bond donors (Lipinski definition) is 1. The van der Waals surface area contributed by atoms with Gasteiger partial charge in [-0.2, -0.15) is 0 Å². The Balaban J connectivity index is 1.82. The number of benzene rings is 2.